The van der Waals surface area contributed by atoms with Gasteiger partial charge in [-0.05, 0) is 30.7 Å². The van der Waals surface area contributed by atoms with Crippen LogP contribution in [0.4, 0.5) is 0 Å². The number of nitrogens with one attached hydrogen (secondary N) is 1. The van der Waals surface area contributed by atoms with Crippen molar-refractivity contribution in [3.05, 3.63) is 77.4 Å². The van der Waals surface area contributed by atoms with Crippen LogP contribution in [0, 0.1) is 0 Å². The molecule has 0 bridgehead atoms. The van der Waals surface area contributed by atoms with Gasteiger partial charge in [0.05, 0.1) is 0 Å². The van der Waals surface area contributed by atoms with Gasteiger partial charge in [-0.3, -0.25) is 0 Å². The molecule has 0 amide bonds. The summed E-state index contributed by atoms with van der Waals surface area (Å²) in [6.07, 6.45) is 1.50. The molecule has 6 heteroatoms. The summed E-state index contributed by atoms with van der Waals surface area (Å²) in [6, 6.07) is 18.2. The summed E-state index contributed by atoms with van der Waals surface area (Å²) in [5, 5.41) is 12.5. The molecule has 2 aromatic carbocycles. The molecule has 0 aliphatic heterocycles. The zero-order chi connectivity index (χ0) is 17.9. The Bertz CT molecular complexity index is 955. The zero-order valence-corrected chi connectivity index (χ0v) is 14.5. The van der Waals surface area contributed by atoms with Crippen LogP contribution in [-0.4, -0.2) is 20.1 Å². The van der Waals surface area contributed by atoms with E-state index in [-0.39, 0.29) is 6.54 Å². The molecule has 3 aromatic rings. The number of hydrogen-bond donors (Lipinski definition) is 2. The number of aliphatic hydroxyl groups is 1. The maximum absolute atomic E-state index is 12.1. The molecule has 3 rings (SSSR count). The third-order valence-corrected chi connectivity index (χ3v) is 4.85. The first-order valence-electron chi connectivity index (χ1n) is 7.80. The molecule has 1 unspecified atom stereocenters. The molecule has 0 saturated carbocycles. The molecule has 2 N–H and O–H groups in total. The molecule has 0 aliphatic rings. The number of furan rings is 1. The van der Waals surface area contributed by atoms with E-state index in [1.165, 1.54) is 13.0 Å². The summed E-state index contributed by atoms with van der Waals surface area (Å²) >= 11 is 0. The van der Waals surface area contributed by atoms with Crippen molar-refractivity contribution in [1.82, 2.24) is 4.72 Å². The maximum atomic E-state index is 12.1. The Hall–Kier alpha value is -2.41. The van der Waals surface area contributed by atoms with Crippen molar-refractivity contribution >= 4 is 27.1 Å². The summed E-state index contributed by atoms with van der Waals surface area (Å²) in [7, 11) is -3.68. The van der Waals surface area contributed by atoms with Crippen molar-refractivity contribution < 1.29 is 17.9 Å². The van der Waals surface area contributed by atoms with Crippen LogP contribution in [0.5, 0.6) is 0 Å². The summed E-state index contributed by atoms with van der Waals surface area (Å²) in [4.78, 5) is 0. The van der Waals surface area contributed by atoms with Gasteiger partial charge in [-0.25, -0.2) is 13.1 Å². The molecule has 1 heterocycles. The molecule has 0 fully saturated rings. The van der Waals surface area contributed by atoms with Crippen molar-refractivity contribution in [2.24, 2.45) is 0 Å². The van der Waals surface area contributed by atoms with E-state index in [1.54, 1.807) is 24.3 Å². The van der Waals surface area contributed by atoms with Gasteiger partial charge in [-0.1, -0.05) is 48.5 Å². The Balaban J connectivity index is 1.71. The molecule has 0 radical (unpaired) electrons. The number of rotatable bonds is 6. The molecule has 1 atom stereocenters. The van der Waals surface area contributed by atoms with Crippen LogP contribution in [0.1, 0.15) is 18.2 Å². The van der Waals surface area contributed by atoms with E-state index in [9.17, 15) is 13.5 Å². The minimum Gasteiger partial charge on any atom is -0.458 e. The second kappa shape index (κ2) is 6.84. The van der Waals surface area contributed by atoms with E-state index < -0.39 is 15.6 Å². The molecular weight excluding hydrogens is 338 g/mol. The first-order valence-corrected chi connectivity index (χ1v) is 9.35. The van der Waals surface area contributed by atoms with Gasteiger partial charge in [0.2, 0.25) is 10.0 Å². The van der Waals surface area contributed by atoms with E-state index in [1.807, 2.05) is 36.4 Å². The highest BCUT2D eigenvalue weighted by atomic mass is 32.2. The van der Waals surface area contributed by atoms with Crippen LogP contribution in [0.15, 0.2) is 70.5 Å². The summed E-state index contributed by atoms with van der Waals surface area (Å²) < 4.78 is 32.2. The summed E-state index contributed by atoms with van der Waals surface area (Å²) in [5.41, 5.74) is -0.0475. The van der Waals surface area contributed by atoms with Crippen LogP contribution in [-0.2, 0) is 15.6 Å². The van der Waals surface area contributed by atoms with Crippen molar-refractivity contribution in [1.29, 1.82) is 0 Å². The molecule has 1 aromatic heterocycles. The van der Waals surface area contributed by atoms with E-state index in [2.05, 4.69) is 4.72 Å². The Morgan fingerprint density at radius 1 is 1.12 bits per heavy atom. The lowest BCUT2D eigenvalue weighted by molar-refractivity contribution is 0.0412. The van der Waals surface area contributed by atoms with Crippen LogP contribution < -0.4 is 4.72 Å². The minimum absolute atomic E-state index is 0.200. The van der Waals surface area contributed by atoms with Gasteiger partial charge in [-0.15, -0.1) is 0 Å². The lowest BCUT2D eigenvalue weighted by Crippen LogP contribution is -2.37. The molecular formula is C19H19NO4S. The fourth-order valence-corrected chi connectivity index (χ4v) is 3.27. The highest BCUT2D eigenvalue weighted by Crippen LogP contribution is 2.27. The summed E-state index contributed by atoms with van der Waals surface area (Å²) in [6.45, 7) is 1.31. The van der Waals surface area contributed by atoms with Gasteiger partial charge in [0, 0.05) is 17.3 Å². The fraction of sp³-hybridized carbons (Fsp3) is 0.158. The lowest BCUT2D eigenvalue weighted by atomic mass is 10.0. The monoisotopic (exact) mass is 357 g/mol. The predicted molar refractivity (Wildman–Crippen MR) is 98.2 cm³/mol. The normalized spacial score (nSPS) is 14.8. The van der Waals surface area contributed by atoms with E-state index >= 15 is 0 Å². The van der Waals surface area contributed by atoms with Crippen LogP contribution in [0.3, 0.4) is 0 Å². The molecule has 130 valence electrons. The smallest absolute Gasteiger partial charge is 0.233 e. The minimum atomic E-state index is -3.68. The van der Waals surface area contributed by atoms with Crippen molar-refractivity contribution in [3.63, 3.8) is 0 Å². The average Bonchev–Trinajstić information content (AvgIpc) is 3.05. The number of sulfonamides is 1. The largest absolute Gasteiger partial charge is 0.458 e. The number of benzene rings is 2. The fourth-order valence-electron chi connectivity index (χ4n) is 2.36. The second-order valence-electron chi connectivity index (χ2n) is 6.00. The Morgan fingerprint density at radius 3 is 2.52 bits per heavy atom. The number of fused-ring (bicyclic) bond motifs is 1. The number of para-hydroxylation sites is 1. The van der Waals surface area contributed by atoms with Crippen molar-refractivity contribution in [2.75, 3.05) is 6.54 Å². The van der Waals surface area contributed by atoms with E-state index in [0.717, 1.165) is 16.4 Å². The molecule has 5 nitrogen and oxygen atoms in total. The van der Waals surface area contributed by atoms with Gasteiger partial charge in [-0.2, -0.15) is 0 Å². The van der Waals surface area contributed by atoms with Gasteiger partial charge in [0.1, 0.15) is 16.9 Å². The van der Waals surface area contributed by atoms with E-state index in [0.29, 0.717) is 11.3 Å². The highest BCUT2D eigenvalue weighted by molar-refractivity contribution is 7.92. The van der Waals surface area contributed by atoms with Gasteiger partial charge in [0.15, 0.2) is 0 Å². The molecule has 0 saturated heterocycles. The number of hydrogen-bond acceptors (Lipinski definition) is 4. The average molecular weight is 357 g/mol. The van der Waals surface area contributed by atoms with Gasteiger partial charge >= 0.3 is 0 Å². The third kappa shape index (κ3) is 4.36. The Labute approximate surface area is 146 Å². The van der Waals surface area contributed by atoms with Crippen LogP contribution in [0.2, 0.25) is 0 Å². The van der Waals surface area contributed by atoms with E-state index in [4.69, 9.17) is 4.42 Å². The SMILES string of the molecule is CC(O)(CNS(=O)(=O)/C=C/c1ccccc1)c1cc2ccccc2o1. The third-order valence-electron chi connectivity index (χ3n) is 3.81. The zero-order valence-electron chi connectivity index (χ0n) is 13.7. The second-order valence-corrected chi connectivity index (χ2v) is 7.65. The van der Waals surface area contributed by atoms with Crippen LogP contribution in [0.25, 0.3) is 17.0 Å². The summed E-state index contributed by atoms with van der Waals surface area (Å²) in [5.74, 6) is 0.309. The van der Waals surface area contributed by atoms with Crippen molar-refractivity contribution in [3.8, 4) is 0 Å². The quantitative estimate of drug-likeness (QED) is 0.710. The molecule has 0 aliphatic carbocycles. The Morgan fingerprint density at radius 2 is 1.80 bits per heavy atom. The topological polar surface area (TPSA) is 79.5 Å². The first kappa shape index (κ1) is 17.4. The first-order chi connectivity index (χ1) is 11.9. The Kier molecular flexibility index (Phi) is 4.76. The molecule has 0 spiro atoms. The standard InChI is InChI=1S/C19H19NO4S/c1-19(21,18-13-16-9-5-6-10-17(16)24-18)14-20-25(22,23)12-11-15-7-3-2-4-8-15/h2-13,20-21H,14H2,1H3/b12-11+. The highest BCUT2D eigenvalue weighted by Gasteiger charge is 2.28. The predicted octanol–water partition coefficient (Wildman–Crippen LogP) is 3.23. The van der Waals surface area contributed by atoms with Gasteiger partial charge in [0.25, 0.3) is 0 Å². The van der Waals surface area contributed by atoms with Gasteiger partial charge < -0.3 is 9.52 Å². The van der Waals surface area contributed by atoms with Crippen molar-refractivity contribution in [2.45, 2.75) is 12.5 Å². The van der Waals surface area contributed by atoms with Crippen LogP contribution >= 0.6 is 0 Å². The molecule has 25 heavy (non-hydrogen) atoms. The maximum Gasteiger partial charge on any atom is 0.233 e. The lowest BCUT2D eigenvalue weighted by Gasteiger charge is -2.20.